The van der Waals surface area contributed by atoms with E-state index in [1.807, 2.05) is 0 Å². The molecule has 0 saturated heterocycles. The van der Waals surface area contributed by atoms with Crippen molar-refractivity contribution in [2.75, 3.05) is 0 Å². The monoisotopic (exact) mass is 286 g/mol. The first-order valence-electron chi connectivity index (χ1n) is 8.06. The maximum absolute atomic E-state index is 13.9. The second kappa shape index (κ2) is 5.27. The van der Waals surface area contributed by atoms with Crippen LogP contribution in [0.5, 0.6) is 0 Å². The molecule has 3 rings (SSSR count). The van der Waals surface area contributed by atoms with Gasteiger partial charge in [-0.05, 0) is 44.4 Å². The fraction of sp³-hybridized carbons (Fsp3) is 0.938. The smallest absolute Gasteiger partial charge is 0.312 e. The minimum Gasteiger partial charge on any atom is -0.462 e. The Kier molecular flexibility index (Phi) is 3.76. The van der Waals surface area contributed by atoms with Crippen molar-refractivity contribution in [3.63, 3.8) is 0 Å². The lowest BCUT2D eigenvalue weighted by Gasteiger charge is -2.41. The summed E-state index contributed by atoms with van der Waals surface area (Å²) in [7, 11) is 0. The van der Waals surface area contributed by atoms with E-state index in [0.29, 0.717) is 11.8 Å². The van der Waals surface area contributed by atoms with Crippen molar-refractivity contribution < 1.29 is 18.3 Å². The number of esters is 1. The van der Waals surface area contributed by atoms with Crippen molar-refractivity contribution in [1.82, 2.24) is 0 Å². The van der Waals surface area contributed by atoms with Crippen molar-refractivity contribution in [2.24, 2.45) is 17.8 Å². The molecule has 0 aromatic heterocycles. The van der Waals surface area contributed by atoms with Gasteiger partial charge in [0.1, 0.15) is 12.3 Å². The maximum Gasteiger partial charge on any atom is 0.312 e. The minimum absolute atomic E-state index is 0.0654. The van der Waals surface area contributed by atoms with E-state index in [4.69, 9.17) is 4.74 Å². The molecule has 3 aliphatic carbocycles. The molecule has 0 heterocycles. The molecule has 0 aliphatic heterocycles. The highest BCUT2D eigenvalue weighted by Crippen LogP contribution is 2.50. The lowest BCUT2D eigenvalue weighted by atomic mass is 9.69. The molecular weight excluding hydrogens is 262 g/mol. The lowest BCUT2D eigenvalue weighted by Crippen LogP contribution is -2.40. The van der Waals surface area contributed by atoms with Gasteiger partial charge >= 0.3 is 5.97 Å². The predicted octanol–water partition coefficient (Wildman–Crippen LogP) is 3.97. The zero-order valence-electron chi connectivity index (χ0n) is 12.1. The SMILES string of the molecule is CC(C(=O)OC1CCCC2CCCCC21)C1(F)CC1F. The van der Waals surface area contributed by atoms with Crippen molar-refractivity contribution >= 4 is 5.97 Å². The molecule has 0 aromatic rings. The zero-order chi connectivity index (χ0) is 14.3. The van der Waals surface area contributed by atoms with Gasteiger partial charge in [-0.1, -0.05) is 19.3 Å². The Bertz CT molecular complexity index is 385. The molecule has 0 amide bonds. The number of hydrogen-bond donors (Lipinski definition) is 0. The molecule has 114 valence electrons. The van der Waals surface area contributed by atoms with Gasteiger partial charge in [-0.3, -0.25) is 4.79 Å². The number of alkyl halides is 2. The van der Waals surface area contributed by atoms with Crippen LogP contribution in [0, 0.1) is 17.8 Å². The molecule has 0 radical (unpaired) electrons. The van der Waals surface area contributed by atoms with Crippen molar-refractivity contribution in [2.45, 2.75) is 76.2 Å². The summed E-state index contributed by atoms with van der Waals surface area (Å²) < 4.78 is 32.6. The van der Waals surface area contributed by atoms with Crippen LogP contribution in [0.1, 0.15) is 58.3 Å². The van der Waals surface area contributed by atoms with Crippen LogP contribution in [-0.4, -0.2) is 23.9 Å². The summed E-state index contributed by atoms with van der Waals surface area (Å²) in [4.78, 5) is 12.1. The lowest BCUT2D eigenvalue weighted by molar-refractivity contribution is -0.164. The first-order valence-corrected chi connectivity index (χ1v) is 8.06. The molecule has 2 nitrogen and oxygen atoms in total. The summed E-state index contributed by atoms with van der Waals surface area (Å²) in [5.41, 5.74) is -1.96. The van der Waals surface area contributed by atoms with Crippen LogP contribution in [0.4, 0.5) is 8.78 Å². The van der Waals surface area contributed by atoms with E-state index >= 15 is 0 Å². The Balaban J connectivity index is 1.60. The highest BCUT2D eigenvalue weighted by molar-refractivity contribution is 5.74. The molecule has 0 spiro atoms. The van der Waals surface area contributed by atoms with Crippen LogP contribution in [-0.2, 0) is 9.53 Å². The Morgan fingerprint density at radius 2 is 1.85 bits per heavy atom. The van der Waals surface area contributed by atoms with Crippen molar-refractivity contribution in [1.29, 1.82) is 0 Å². The highest BCUT2D eigenvalue weighted by atomic mass is 19.2. The Labute approximate surface area is 119 Å². The number of fused-ring (bicyclic) bond motifs is 1. The first kappa shape index (κ1) is 14.3. The molecular formula is C16H24F2O2. The molecule has 20 heavy (non-hydrogen) atoms. The molecule has 0 aromatic carbocycles. The van der Waals surface area contributed by atoms with Crippen LogP contribution in [0.3, 0.4) is 0 Å². The highest BCUT2D eigenvalue weighted by Gasteiger charge is 2.63. The Morgan fingerprint density at radius 3 is 2.55 bits per heavy atom. The first-order chi connectivity index (χ1) is 9.52. The quantitative estimate of drug-likeness (QED) is 0.734. The summed E-state index contributed by atoms with van der Waals surface area (Å²) in [6.45, 7) is 1.46. The summed E-state index contributed by atoms with van der Waals surface area (Å²) in [5.74, 6) is -0.394. The standard InChI is InChI=1S/C16H24F2O2/c1-10(16(18)9-14(16)17)15(19)20-13-8-4-6-11-5-2-3-7-12(11)13/h10-14H,2-9H2,1H3. The van der Waals surface area contributed by atoms with E-state index in [0.717, 1.165) is 19.3 Å². The van der Waals surface area contributed by atoms with Gasteiger partial charge in [0.05, 0.1) is 5.92 Å². The molecule has 3 fully saturated rings. The van der Waals surface area contributed by atoms with E-state index < -0.39 is 23.7 Å². The van der Waals surface area contributed by atoms with Gasteiger partial charge in [-0.25, -0.2) is 8.78 Å². The number of ether oxygens (including phenoxy) is 1. The topological polar surface area (TPSA) is 26.3 Å². The number of halogens is 2. The van der Waals surface area contributed by atoms with Gasteiger partial charge in [0.15, 0.2) is 5.67 Å². The molecule has 4 heteroatoms. The number of hydrogen-bond acceptors (Lipinski definition) is 2. The van der Waals surface area contributed by atoms with Gasteiger partial charge in [0.2, 0.25) is 0 Å². The maximum atomic E-state index is 13.9. The zero-order valence-corrected chi connectivity index (χ0v) is 12.1. The molecule has 6 unspecified atom stereocenters. The third kappa shape index (κ3) is 2.46. The number of carbonyl (C=O) groups is 1. The van der Waals surface area contributed by atoms with Crippen LogP contribution in [0.15, 0.2) is 0 Å². The van der Waals surface area contributed by atoms with E-state index in [9.17, 15) is 13.6 Å². The van der Waals surface area contributed by atoms with Crippen molar-refractivity contribution in [3.8, 4) is 0 Å². The van der Waals surface area contributed by atoms with Crippen LogP contribution < -0.4 is 0 Å². The average molecular weight is 286 g/mol. The average Bonchev–Trinajstić information content (AvgIpc) is 3.07. The van der Waals surface area contributed by atoms with Gasteiger partial charge in [-0.2, -0.15) is 0 Å². The second-order valence-corrected chi connectivity index (χ2v) is 6.93. The molecule has 0 bridgehead atoms. The summed E-state index contributed by atoms with van der Waals surface area (Å²) in [6, 6.07) is 0. The molecule has 3 saturated carbocycles. The number of carbonyl (C=O) groups excluding carboxylic acids is 1. The van der Waals surface area contributed by atoms with Crippen LogP contribution in [0.25, 0.3) is 0 Å². The second-order valence-electron chi connectivity index (χ2n) is 6.93. The molecule has 0 N–H and O–H groups in total. The number of rotatable bonds is 3. The molecule has 6 atom stereocenters. The third-order valence-electron chi connectivity index (χ3n) is 5.70. The Morgan fingerprint density at radius 1 is 1.20 bits per heavy atom. The summed E-state index contributed by atoms with van der Waals surface area (Å²) in [5, 5.41) is 0. The van der Waals surface area contributed by atoms with E-state index in [-0.39, 0.29) is 12.5 Å². The van der Waals surface area contributed by atoms with Gasteiger partial charge < -0.3 is 4.74 Å². The summed E-state index contributed by atoms with van der Waals surface area (Å²) >= 11 is 0. The Hall–Kier alpha value is -0.670. The minimum atomic E-state index is -1.96. The predicted molar refractivity (Wildman–Crippen MR) is 71.7 cm³/mol. The van der Waals surface area contributed by atoms with Crippen LogP contribution >= 0.6 is 0 Å². The van der Waals surface area contributed by atoms with Crippen molar-refractivity contribution in [3.05, 3.63) is 0 Å². The van der Waals surface area contributed by atoms with Gasteiger partial charge in [-0.15, -0.1) is 0 Å². The third-order valence-corrected chi connectivity index (χ3v) is 5.70. The summed E-state index contributed by atoms with van der Waals surface area (Å²) in [6.07, 6.45) is 6.31. The largest absolute Gasteiger partial charge is 0.462 e. The normalized spacial score (nSPS) is 45.4. The fourth-order valence-corrected chi connectivity index (χ4v) is 4.14. The van der Waals surface area contributed by atoms with E-state index in [1.165, 1.54) is 32.6 Å². The van der Waals surface area contributed by atoms with E-state index in [2.05, 4.69) is 0 Å². The van der Waals surface area contributed by atoms with Crippen LogP contribution in [0.2, 0.25) is 0 Å². The fourth-order valence-electron chi connectivity index (χ4n) is 4.14. The van der Waals surface area contributed by atoms with Gasteiger partial charge in [0, 0.05) is 6.42 Å². The van der Waals surface area contributed by atoms with Gasteiger partial charge in [0.25, 0.3) is 0 Å². The van der Waals surface area contributed by atoms with E-state index in [1.54, 1.807) is 0 Å². The molecule has 3 aliphatic rings.